The van der Waals surface area contributed by atoms with Gasteiger partial charge in [0.2, 0.25) is 0 Å². The summed E-state index contributed by atoms with van der Waals surface area (Å²) in [5, 5.41) is 11.9. The SMILES string of the molecule is COc1ccc(NCc2nnc3n2CCCC3)cc1OC. The van der Waals surface area contributed by atoms with Gasteiger partial charge < -0.3 is 19.4 Å². The van der Waals surface area contributed by atoms with E-state index in [1.165, 1.54) is 12.8 Å². The number of nitrogens with zero attached hydrogens (tertiary/aromatic N) is 3. The highest BCUT2D eigenvalue weighted by atomic mass is 16.5. The van der Waals surface area contributed by atoms with Gasteiger partial charge >= 0.3 is 0 Å². The highest BCUT2D eigenvalue weighted by Gasteiger charge is 2.15. The smallest absolute Gasteiger partial charge is 0.162 e. The first-order chi connectivity index (χ1) is 10.3. The van der Waals surface area contributed by atoms with E-state index in [9.17, 15) is 0 Å². The van der Waals surface area contributed by atoms with E-state index in [1.807, 2.05) is 18.2 Å². The summed E-state index contributed by atoms with van der Waals surface area (Å²) in [6.45, 7) is 1.67. The third-order valence-electron chi connectivity index (χ3n) is 3.77. The van der Waals surface area contributed by atoms with E-state index in [4.69, 9.17) is 9.47 Å². The van der Waals surface area contributed by atoms with Crippen molar-refractivity contribution in [3.05, 3.63) is 29.8 Å². The number of aryl methyl sites for hydroxylation is 1. The fourth-order valence-corrected chi connectivity index (χ4v) is 2.63. The Bertz CT molecular complexity index is 624. The maximum absolute atomic E-state index is 5.31. The Hall–Kier alpha value is -2.24. The van der Waals surface area contributed by atoms with Gasteiger partial charge in [0.25, 0.3) is 0 Å². The number of benzene rings is 1. The summed E-state index contributed by atoms with van der Waals surface area (Å²) in [6, 6.07) is 5.78. The van der Waals surface area contributed by atoms with Gasteiger partial charge in [-0.25, -0.2) is 0 Å². The normalized spacial score (nSPS) is 13.6. The molecule has 0 atom stereocenters. The summed E-state index contributed by atoms with van der Waals surface area (Å²) in [5.74, 6) is 3.53. The van der Waals surface area contributed by atoms with Crippen LogP contribution in [0.1, 0.15) is 24.5 Å². The number of ether oxygens (including phenoxy) is 2. The predicted octanol–water partition coefficient (Wildman–Crippen LogP) is 2.24. The van der Waals surface area contributed by atoms with Crippen molar-refractivity contribution in [2.75, 3.05) is 19.5 Å². The number of rotatable bonds is 5. The van der Waals surface area contributed by atoms with Crippen LogP contribution in [0.25, 0.3) is 0 Å². The Balaban J connectivity index is 1.71. The zero-order valence-electron chi connectivity index (χ0n) is 12.4. The zero-order valence-corrected chi connectivity index (χ0v) is 12.4. The van der Waals surface area contributed by atoms with Crippen molar-refractivity contribution in [1.29, 1.82) is 0 Å². The molecule has 1 aliphatic heterocycles. The minimum absolute atomic E-state index is 0.655. The van der Waals surface area contributed by atoms with E-state index >= 15 is 0 Å². The van der Waals surface area contributed by atoms with Crippen LogP contribution in [0.3, 0.4) is 0 Å². The standard InChI is InChI=1S/C15H20N4O2/c1-20-12-7-6-11(9-13(12)21-2)16-10-15-18-17-14-5-3-4-8-19(14)15/h6-7,9,16H,3-5,8,10H2,1-2H3. The predicted molar refractivity (Wildman–Crippen MR) is 79.8 cm³/mol. The lowest BCUT2D eigenvalue weighted by Crippen LogP contribution is -2.15. The average molecular weight is 288 g/mol. The summed E-state index contributed by atoms with van der Waals surface area (Å²) < 4.78 is 12.8. The molecule has 21 heavy (non-hydrogen) atoms. The summed E-state index contributed by atoms with van der Waals surface area (Å²) in [5.41, 5.74) is 0.973. The van der Waals surface area contributed by atoms with Crippen molar-refractivity contribution in [3.63, 3.8) is 0 Å². The van der Waals surface area contributed by atoms with Crippen LogP contribution in [-0.2, 0) is 19.5 Å². The van der Waals surface area contributed by atoms with Gasteiger partial charge in [-0.2, -0.15) is 0 Å². The van der Waals surface area contributed by atoms with Crippen LogP contribution in [0.15, 0.2) is 18.2 Å². The molecule has 0 aliphatic carbocycles. The summed E-state index contributed by atoms with van der Waals surface area (Å²) in [7, 11) is 3.27. The Morgan fingerprint density at radius 3 is 2.81 bits per heavy atom. The molecule has 0 saturated heterocycles. The summed E-state index contributed by atoms with van der Waals surface area (Å²) in [4.78, 5) is 0. The number of hydrogen-bond donors (Lipinski definition) is 1. The minimum atomic E-state index is 0.655. The van der Waals surface area contributed by atoms with Crippen LogP contribution in [0.2, 0.25) is 0 Å². The second-order valence-corrected chi connectivity index (χ2v) is 5.06. The van der Waals surface area contributed by atoms with E-state index < -0.39 is 0 Å². The summed E-state index contributed by atoms with van der Waals surface area (Å²) >= 11 is 0. The highest BCUT2D eigenvalue weighted by molar-refractivity contribution is 5.54. The fourth-order valence-electron chi connectivity index (χ4n) is 2.63. The van der Waals surface area contributed by atoms with Gasteiger partial charge in [0, 0.05) is 24.7 Å². The first-order valence-corrected chi connectivity index (χ1v) is 7.18. The number of nitrogens with one attached hydrogen (secondary N) is 1. The minimum Gasteiger partial charge on any atom is -0.493 e. The second kappa shape index (κ2) is 6.03. The Morgan fingerprint density at radius 2 is 2.00 bits per heavy atom. The van der Waals surface area contributed by atoms with Crippen molar-refractivity contribution in [2.24, 2.45) is 0 Å². The van der Waals surface area contributed by atoms with E-state index in [2.05, 4.69) is 20.1 Å². The molecule has 1 N–H and O–H groups in total. The first kappa shape index (κ1) is 13.7. The molecule has 0 spiro atoms. The molecular formula is C15H20N4O2. The van der Waals surface area contributed by atoms with E-state index in [0.29, 0.717) is 12.3 Å². The van der Waals surface area contributed by atoms with Gasteiger partial charge in [0.1, 0.15) is 5.82 Å². The lowest BCUT2D eigenvalue weighted by Gasteiger charge is -2.15. The molecule has 0 amide bonds. The number of anilines is 1. The first-order valence-electron chi connectivity index (χ1n) is 7.18. The molecule has 0 fully saturated rings. The maximum Gasteiger partial charge on any atom is 0.162 e. The van der Waals surface area contributed by atoms with E-state index in [-0.39, 0.29) is 0 Å². The van der Waals surface area contributed by atoms with Gasteiger partial charge in [0.05, 0.1) is 20.8 Å². The number of fused-ring (bicyclic) bond motifs is 1. The maximum atomic E-state index is 5.31. The molecule has 0 saturated carbocycles. The van der Waals surface area contributed by atoms with Gasteiger partial charge in [-0.05, 0) is 25.0 Å². The lowest BCUT2D eigenvalue weighted by molar-refractivity contribution is 0.355. The van der Waals surface area contributed by atoms with Crippen LogP contribution in [-0.4, -0.2) is 29.0 Å². The topological polar surface area (TPSA) is 61.2 Å². The van der Waals surface area contributed by atoms with Crippen molar-refractivity contribution in [3.8, 4) is 11.5 Å². The van der Waals surface area contributed by atoms with Crippen molar-refractivity contribution in [1.82, 2.24) is 14.8 Å². The Morgan fingerprint density at radius 1 is 1.14 bits per heavy atom. The molecule has 1 aromatic carbocycles. The van der Waals surface area contributed by atoms with Gasteiger partial charge in [0.15, 0.2) is 17.3 Å². The molecule has 6 nitrogen and oxygen atoms in total. The molecule has 0 bridgehead atoms. The van der Waals surface area contributed by atoms with Crippen LogP contribution >= 0.6 is 0 Å². The average Bonchev–Trinajstić information content (AvgIpc) is 2.96. The Labute approximate surface area is 124 Å². The van der Waals surface area contributed by atoms with Crippen LogP contribution < -0.4 is 14.8 Å². The monoisotopic (exact) mass is 288 g/mol. The molecule has 3 rings (SSSR count). The quantitative estimate of drug-likeness (QED) is 0.914. The molecule has 112 valence electrons. The Kier molecular flexibility index (Phi) is 3.94. The van der Waals surface area contributed by atoms with E-state index in [0.717, 1.165) is 36.1 Å². The molecule has 0 radical (unpaired) electrons. The lowest BCUT2D eigenvalue weighted by atomic mass is 10.2. The molecule has 2 heterocycles. The third kappa shape index (κ3) is 2.79. The third-order valence-corrected chi connectivity index (χ3v) is 3.77. The number of aromatic nitrogens is 3. The molecule has 1 aliphatic rings. The van der Waals surface area contributed by atoms with Gasteiger partial charge in [-0.15, -0.1) is 10.2 Å². The van der Waals surface area contributed by atoms with Gasteiger partial charge in [-0.3, -0.25) is 0 Å². The van der Waals surface area contributed by atoms with Crippen LogP contribution in [0.5, 0.6) is 11.5 Å². The van der Waals surface area contributed by atoms with Crippen molar-refractivity contribution < 1.29 is 9.47 Å². The number of methoxy groups -OCH3 is 2. The van der Waals surface area contributed by atoms with E-state index in [1.54, 1.807) is 14.2 Å². The number of hydrogen-bond acceptors (Lipinski definition) is 5. The molecule has 2 aromatic rings. The molecule has 0 unspecified atom stereocenters. The highest BCUT2D eigenvalue weighted by Crippen LogP contribution is 2.29. The largest absolute Gasteiger partial charge is 0.493 e. The fraction of sp³-hybridized carbons (Fsp3) is 0.467. The second-order valence-electron chi connectivity index (χ2n) is 5.06. The van der Waals surface area contributed by atoms with Crippen molar-refractivity contribution in [2.45, 2.75) is 32.4 Å². The molecule has 6 heteroatoms. The van der Waals surface area contributed by atoms with Crippen LogP contribution in [0.4, 0.5) is 5.69 Å². The molecule has 1 aromatic heterocycles. The zero-order chi connectivity index (χ0) is 14.7. The molecular weight excluding hydrogens is 268 g/mol. The van der Waals surface area contributed by atoms with Crippen molar-refractivity contribution >= 4 is 5.69 Å². The van der Waals surface area contributed by atoms with Crippen LogP contribution in [0, 0.1) is 0 Å². The summed E-state index contributed by atoms with van der Waals surface area (Å²) in [6.07, 6.45) is 3.44. The van der Waals surface area contributed by atoms with Gasteiger partial charge in [-0.1, -0.05) is 0 Å².